The number of piperazine rings is 1. The Labute approximate surface area is 640 Å². The van der Waals surface area contributed by atoms with Crippen molar-refractivity contribution < 1.29 is 0 Å². The highest BCUT2D eigenvalue weighted by atomic mass is 15.5. The van der Waals surface area contributed by atoms with Crippen LogP contribution < -0.4 is 72.4 Å². The first kappa shape index (κ1) is 82.4. The summed E-state index contributed by atoms with van der Waals surface area (Å²) in [4.78, 5) is 51.6. The third-order valence-electron chi connectivity index (χ3n) is 25.0. The molecule has 0 saturated carbocycles. The van der Waals surface area contributed by atoms with Gasteiger partial charge in [0.25, 0.3) is 0 Å². The lowest BCUT2D eigenvalue weighted by Crippen LogP contribution is -2.68. The van der Waals surface area contributed by atoms with Gasteiger partial charge in [0.2, 0.25) is 35.7 Å². The van der Waals surface area contributed by atoms with Crippen LogP contribution in [0.1, 0.15) is 324 Å². The number of hydrogen-bond donors (Lipinski definition) is 9. The van der Waals surface area contributed by atoms with Gasteiger partial charge in [0.15, 0.2) is 0 Å². The fourth-order valence-electron chi connectivity index (χ4n) is 25.1. The van der Waals surface area contributed by atoms with Crippen molar-refractivity contribution in [2.45, 2.75) is 461 Å². The van der Waals surface area contributed by atoms with Gasteiger partial charge in [0, 0.05) is 176 Å². The molecular formula is C84H157N21. The molecule has 598 valence electrons. The van der Waals surface area contributed by atoms with Gasteiger partial charge in [0.05, 0.1) is 0 Å². The Morgan fingerprint density at radius 3 is 0.610 bits per heavy atom. The summed E-state index contributed by atoms with van der Waals surface area (Å²) in [7, 11) is 0. The van der Waals surface area contributed by atoms with Crippen LogP contribution in [0.3, 0.4) is 0 Å². The molecule has 9 fully saturated rings. The van der Waals surface area contributed by atoms with Gasteiger partial charge >= 0.3 is 0 Å². The molecule has 2 aromatic rings. The van der Waals surface area contributed by atoms with Crippen LogP contribution in [0, 0.1) is 0 Å². The van der Waals surface area contributed by atoms with Crippen LogP contribution in [0.4, 0.5) is 35.7 Å². The number of piperidine rings is 8. The Morgan fingerprint density at radius 2 is 0.429 bits per heavy atom. The fraction of sp³-hybridized carbons (Fsp3) is 0.929. The molecule has 0 aliphatic carbocycles. The summed E-state index contributed by atoms with van der Waals surface area (Å²) in [6.45, 7) is 81.6. The topological polar surface area (TPSA) is 205 Å². The Morgan fingerprint density at radius 1 is 0.257 bits per heavy atom. The second-order valence-corrected chi connectivity index (χ2v) is 46.5. The van der Waals surface area contributed by atoms with Crippen molar-refractivity contribution in [3.8, 4) is 0 Å². The van der Waals surface area contributed by atoms with E-state index in [9.17, 15) is 0 Å². The van der Waals surface area contributed by atoms with Gasteiger partial charge in [-0.2, -0.15) is 29.9 Å². The lowest BCUT2D eigenvalue weighted by Gasteiger charge is -2.56. The molecule has 21 heteroatoms. The number of anilines is 6. The average Bonchev–Trinajstić information content (AvgIpc) is 0.743. The van der Waals surface area contributed by atoms with E-state index in [0.717, 1.165) is 165 Å². The van der Waals surface area contributed by atoms with E-state index in [2.05, 4.69) is 299 Å². The van der Waals surface area contributed by atoms with Crippen LogP contribution in [0.25, 0.3) is 0 Å². The second-order valence-electron chi connectivity index (χ2n) is 46.5. The number of aromatic nitrogens is 6. The molecule has 2 aromatic heterocycles. The molecule has 0 unspecified atom stereocenters. The van der Waals surface area contributed by atoms with Crippen LogP contribution in [0.5, 0.6) is 0 Å². The van der Waals surface area contributed by atoms with Crippen molar-refractivity contribution in [1.82, 2.24) is 77.3 Å². The van der Waals surface area contributed by atoms with Crippen LogP contribution in [0.2, 0.25) is 0 Å². The largest absolute Gasteiger partial charge is 0.353 e. The summed E-state index contributed by atoms with van der Waals surface area (Å²) in [6, 6.07) is 1.55. The highest BCUT2D eigenvalue weighted by Crippen LogP contribution is 2.47. The molecule has 0 bridgehead atoms. The predicted molar refractivity (Wildman–Crippen MR) is 441 cm³/mol. The van der Waals surface area contributed by atoms with Crippen molar-refractivity contribution in [2.24, 2.45) is 0 Å². The SMILES string of the molecule is CC1(C)CC(N(c2nc(NCCN3CCN(c4nc(N(C5CC(C)(C)NC(C)(C)C5)C5CC(C)(C)NC(C)(C)C5)nc(N(C5CC(C)(C)NC(C)(C)C5)C5CC(C)(C)NC(C)(C)C5)n4)CC3)nc(N(C3CC(C)(C)NC(C)(C)C3)C3CC(C)(C)NC(C)(C)C3)n2)C2CC(C)(C)NC(C)(C)C2)CC(C)(C)N1. The van der Waals surface area contributed by atoms with E-state index in [0.29, 0.717) is 12.5 Å². The van der Waals surface area contributed by atoms with Gasteiger partial charge in [-0.25, -0.2) is 0 Å². The first-order valence-corrected chi connectivity index (χ1v) is 41.7. The molecule has 0 amide bonds. The monoisotopic (exact) mass is 1460 g/mol. The Balaban J connectivity index is 0.978. The number of nitrogens with one attached hydrogen (secondary N) is 9. The molecule has 0 spiro atoms. The third-order valence-corrected chi connectivity index (χ3v) is 25.0. The maximum atomic E-state index is 6.06. The van der Waals surface area contributed by atoms with E-state index < -0.39 is 0 Å². The van der Waals surface area contributed by atoms with Crippen LogP contribution in [0.15, 0.2) is 0 Å². The minimum Gasteiger partial charge on any atom is -0.353 e. The molecule has 0 atom stereocenters. The smallest absolute Gasteiger partial charge is 0.232 e. The molecule has 0 radical (unpaired) electrons. The molecule has 9 aliphatic heterocycles. The minimum absolute atomic E-state index is 0.0983. The average molecular weight is 1460 g/mol. The van der Waals surface area contributed by atoms with Crippen molar-refractivity contribution in [2.75, 3.05) is 69.1 Å². The van der Waals surface area contributed by atoms with Crippen molar-refractivity contribution in [3.63, 3.8) is 0 Å². The molecule has 21 nitrogen and oxygen atoms in total. The molecular weight excluding hydrogens is 1300 g/mol. The molecule has 9 N–H and O–H groups in total. The van der Waals surface area contributed by atoms with E-state index in [1.807, 2.05) is 0 Å². The molecule has 11 heterocycles. The lowest BCUT2D eigenvalue weighted by molar-refractivity contribution is 0.120. The van der Waals surface area contributed by atoms with E-state index >= 15 is 0 Å². The van der Waals surface area contributed by atoms with Gasteiger partial charge in [-0.05, 0) is 324 Å². The van der Waals surface area contributed by atoms with Crippen molar-refractivity contribution in [1.29, 1.82) is 0 Å². The molecule has 0 aromatic carbocycles. The second kappa shape index (κ2) is 27.7. The summed E-state index contributed by atoms with van der Waals surface area (Å²) in [5, 5.41) is 36.5. The zero-order valence-corrected chi connectivity index (χ0v) is 73.0. The van der Waals surface area contributed by atoms with E-state index in [4.69, 9.17) is 29.9 Å². The third kappa shape index (κ3) is 20.8. The number of hydrogen-bond acceptors (Lipinski definition) is 21. The Bertz CT molecular complexity index is 2880. The van der Waals surface area contributed by atoms with Gasteiger partial charge in [-0.15, -0.1) is 0 Å². The summed E-state index contributed by atoms with van der Waals surface area (Å²) < 4.78 is 0. The van der Waals surface area contributed by atoms with E-state index in [1.165, 1.54) is 0 Å². The zero-order valence-electron chi connectivity index (χ0n) is 73.0. The van der Waals surface area contributed by atoms with E-state index in [-0.39, 0.29) is 137 Å². The van der Waals surface area contributed by atoms with Crippen LogP contribution in [-0.4, -0.2) is 211 Å². The molecule has 11 rings (SSSR count). The number of nitrogens with zero attached hydrogens (tertiary/aromatic N) is 12. The maximum Gasteiger partial charge on any atom is 0.232 e. The van der Waals surface area contributed by atoms with Crippen LogP contribution in [-0.2, 0) is 0 Å². The molecule has 9 aliphatic rings. The summed E-state index contributed by atoms with van der Waals surface area (Å²) >= 11 is 0. The quantitative estimate of drug-likeness (QED) is 0.0722. The van der Waals surface area contributed by atoms with Gasteiger partial charge < -0.3 is 72.4 Å². The summed E-state index contributed by atoms with van der Waals surface area (Å²) in [5.41, 5.74) is -1.60. The molecule has 9 saturated heterocycles. The van der Waals surface area contributed by atoms with Gasteiger partial charge in [-0.3, -0.25) is 4.90 Å². The van der Waals surface area contributed by atoms with Gasteiger partial charge in [-0.1, -0.05) is 0 Å². The standard InChI is InChI=1S/C84H157N21/c1-69(2)39-55(40-70(3,4)92-69)102(56-41-71(5,6)93-72(7,8)42-56)65-86-63(87-66(90-65)103(57-43-73(9,10)94-74(11,12)44-57)58-45-75(13,14)95-76(15,16)46-58)85-33-34-100-35-37-101(38-36-100)64-88-67(104(59-47-77(17,18)96-78(19,20)48-59)60-49-79(21,22)97-80(23,24)50-60)91-68(89-64)105(61-51-81(25,26)98-82(27,28)52-61)62-53-83(29,30)99-84(31,32)54-62/h55-62,92-99H,33-54H2,1-32H3,(H,85,86,87,90). The summed E-state index contributed by atoms with van der Waals surface area (Å²) in [5.74, 6) is 4.79. The normalized spacial score (nSPS) is 29.4. The van der Waals surface area contributed by atoms with E-state index in [1.54, 1.807) is 0 Å². The van der Waals surface area contributed by atoms with Crippen molar-refractivity contribution >= 4 is 35.7 Å². The van der Waals surface area contributed by atoms with Gasteiger partial charge in [0.1, 0.15) is 0 Å². The lowest BCUT2D eigenvalue weighted by atomic mass is 9.75. The Hall–Kier alpha value is -3.54. The first-order valence-electron chi connectivity index (χ1n) is 41.7. The maximum absolute atomic E-state index is 6.06. The molecule has 105 heavy (non-hydrogen) atoms. The Kier molecular flexibility index (Phi) is 21.7. The highest BCUT2D eigenvalue weighted by molar-refractivity contribution is 5.52. The fourth-order valence-corrected chi connectivity index (χ4v) is 25.1. The zero-order chi connectivity index (χ0) is 77.7. The number of rotatable bonds is 17. The van der Waals surface area contributed by atoms with Crippen molar-refractivity contribution in [3.05, 3.63) is 0 Å². The minimum atomic E-state index is -0.101. The predicted octanol–water partition coefficient (Wildman–Crippen LogP) is 13.0. The van der Waals surface area contributed by atoms with Crippen LogP contribution >= 0.6 is 0 Å². The first-order chi connectivity index (χ1) is 47.5. The summed E-state index contributed by atoms with van der Waals surface area (Å²) in [6.07, 6.45) is 15.7. The highest BCUT2D eigenvalue weighted by Gasteiger charge is 2.54.